The number of nitrogen functional groups attached to an aromatic ring is 1. The van der Waals surface area contributed by atoms with Gasteiger partial charge in [-0.25, -0.2) is 14.6 Å². The SMILES string of the molecule is Cc1ccccc1-n1c(Cn2nc(-c3cccc(CN)c3)c3c(N)ncnc32)cc2cccc(C)c2c1=O. The Morgan fingerprint density at radius 3 is 2.47 bits per heavy atom. The van der Waals surface area contributed by atoms with Crippen molar-refractivity contribution in [3.63, 3.8) is 0 Å². The Balaban J connectivity index is 1.62. The van der Waals surface area contributed by atoms with E-state index in [-0.39, 0.29) is 5.56 Å². The highest BCUT2D eigenvalue weighted by Crippen LogP contribution is 2.31. The summed E-state index contributed by atoms with van der Waals surface area (Å²) in [5.41, 5.74) is 18.9. The lowest BCUT2D eigenvalue weighted by Gasteiger charge is -2.17. The summed E-state index contributed by atoms with van der Waals surface area (Å²) < 4.78 is 3.58. The van der Waals surface area contributed by atoms with Crippen molar-refractivity contribution in [2.45, 2.75) is 26.9 Å². The summed E-state index contributed by atoms with van der Waals surface area (Å²) in [6.45, 7) is 4.69. The first-order chi connectivity index (χ1) is 18.5. The Kier molecular flexibility index (Phi) is 5.73. The molecule has 0 aliphatic rings. The van der Waals surface area contributed by atoms with Crippen molar-refractivity contribution in [3.05, 3.63) is 112 Å². The molecule has 6 rings (SSSR count). The van der Waals surface area contributed by atoms with Crippen LogP contribution in [0.3, 0.4) is 0 Å². The number of aromatic nitrogens is 5. The van der Waals surface area contributed by atoms with Crippen LogP contribution in [0.5, 0.6) is 0 Å². The number of anilines is 1. The van der Waals surface area contributed by atoms with Crippen molar-refractivity contribution in [2.75, 3.05) is 5.73 Å². The Morgan fingerprint density at radius 1 is 0.868 bits per heavy atom. The monoisotopic (exact) mass is 501 g/mol. The highest BCUT2D eigenvalue weighted by Gasteiger charge is 2.20. The van der Waals surface area contributed by atoms with E-state index in [2.05, 4.69) is 16.0 Å². The molecule has 3 aromatic heterocycles. The van der Waals surface area contributed by atoms with Crippen LogP contribution in [0, 0.1) is 13.8 Å². The first-order valence-corrected chi connectivity index (χ1v) is 12.4. The lowest BCUT2D eigenvalue weighted by atomic mass is 10.1. The smallest absolute Gasteiger partial charge is 0.263 e. The molecular weight excluding hydrogens is 474 g/mol. The van der Waals surface area contributed by atoms with E-state index in [1.807, 2.05) is 80.6 Å². The maximum absolute atomic E-state index is 14.0. The van der Waals surface area contributed by atoms with Crippen molar-refractivity contribution < 1.29 is 0 Å². The van der Waals surface area contributed by atoms with Gasteiger partial charge >= 0.3 is 0 Å². The lowest BCUT2D eigenvalue weighted by molar-refractivity contribution is 0.671. The van der Waals surface area contributed by atoms with Gasteiger partial charge in [0, 0.05) is 17.8 Å². The van der Waals surface area contributed by atoms with Crippen LogP contribution in [-0.4, -0.2) is 24.3 Å². The van der Waals surface area contributed by atoms with Crippen molar-refractivity contribution in [1.29, 1.82) is 0 Å². The summed E-state index contributed by atoms with van der Waals surface area (Å²) in [4.78, 5) is 22.8. The average molecular weight is 502 g/mol. The number of nitrogens with zero attached hydrogens (tertiary/aromatic N) is 5. The minimum atomic E-state index is -0.0635. The molecule has 188 valence electrons. The van der Waals surface area contributed by atoms with Crippen LogP contribution in [0.4, 0.5) is 5.82 Å². The molecule has 0 atom stereocenters. The van der Waals surface area contributed by atoms with E-state index < -0.39 is 0 Å². The fourth-order valence-corrected chi connectivity index (χ4v) is 5.13. The van der Waals surface area contributed by atoms with Crippen LogP contribution in [0.25, 0.3) is 38.8 Å². The van der Waals surface area contributed by atoms with Crippen LogP contribution in [0.15, 0.2) is 83.9 Å². The van der Waals surface area contributed by atoms with Gasteiger partial charge in [0.05, 0.1) is 23.0 Å². The fraction of sp³-hybridized carbons (Fsp3) is 0.133. The van der Waals surface area contributed by atoms with E-state index in [1.165, 1.54) is 6.33 Å². The number of benzene rings is 3. The third kappa shape index (κ3) is 3.82. The number of fused-ring (bicyclic) bond motifs is 2. The highest BCUT2D eigenvalue weighted by molar-refractivity contribution is 5.98. The van der Waals surface area contributed by atoms with E-state index in [9.17, 15) is 4.79 Å². The first-order valence-electron chi connectivity index (χ1n) is 12.4. The van der Waals surface area contributed by atoms with Crippen molar-refractivity contribution in [3.8, 4) is 16.9 Å². The summed E-state index contributed by atoms with van der Waals surface area (Å²) in [6.07, 6.45) is 1.44. The molecule has 0 amide bonds. The Hall–Kier alpha value is -4.82. The third-order valence-electron chi connectivity index (χ3n) is 6.99. The molecule has 8 nitrogen and oxygen atoms in total. The number of hydrogen-bond donors (Lipinski definition) is 2. The van der Waals surface area contributed by atoms with Gasteiger partial charge in [-0.3, -0.25) is 9.36 Å². The van der Waals surface area contributed by atoms with Gasteiger partial charge in [0.1, 0.15) is 17.8 Å². The largest absolute Gasteiger partial charge is 0.383 e. The Morgan fingerprint density at radius 2 is 1.66 bits per heavy atom. The van der Waals surface area contributed by atoms with Gasteiger partial charge in [0.2, 0.25) is 0 Å². The molecule has 3 heterocycles. The van der Waals surface area contributed by atoms with Crippen LogP contribution in [-0.2, 0) is 13.1 Å². The molecule has 3 aromatic carbocycles. The van der Waals surface area contributed by atoms with E-state index in [0.717, 1.165) is 39.0 Å². The van der Waals surface area contributed by atoms with Gasteiger partial charge in [0.15, 0.2) is 5.65 Å². The molecule has 0 saturated carbocycles. The van der Waals surface area contributed by atoms with Crippen LogP contribution in [0.1, 0.15) is 22.4 Å². The second kappa shape index (κ2) is 9.24. The molecule has 4 N–H and O–H groups in total. The molecule has 0 unspecified atom stereocenters. The van der Waals surface area contributed by atoms with E-state index in [0.29, 0.717) is 41.0 Å². The predicted molar refractivity (Wildman–Crippen MR) is 151 cm³/mol. The summed E-state index contributed by atoms with van der Waals surface area (Å²) in [5, 5.41) is 7.21. The number of hydrogen-bond acceptors (Lipinski definition) is 6. The average Bonchev–Trinajstić information content (AvgIpc) is 3.29. The van der Waals surface area contributed by atoms with Gasteiger partial charge in [-0.05, 0) is 54.1 Å². The summed E-state index contributed by atoms with van der Waals surface area (Å²) in [7, 11) is 0. The van der Waals surface area contributed by atoms with Crippen molar-refractivity contribution >= 4 is 27.6 Å². The first kappa shape index (κ1) is 23.6. The van der Waals surface area contributed by atoms with Crippen LogP contribution >= 0.6 is 0 Å². The molecule has 0 radical (unpaired) electrons. The quantitative estimate of drug-likeness (QED) is 0.359. The van der Waals surface area contributed by atoms with E-state index in [1.54, 1.807) is 9.25 Å². The van der Waals surface area contributed by atoms with Crippen LogP contribution < -0.4 is 17.0 Å². The summed E-state index contributed by atoms with van der Waals surface area (Å²) >= 11 is 0. The number of rotatable bonds is 5. The van der Waals surface area contributed by atoms with E-state index >= 15 is 0 Å². The molecule has 0 bridgehead atoms. The Labute approximate surface area is 219 Å². The maximum atomic E-state index is 14.0. The van der Waals surface area contributed by atoms with Crippen molar-refractivity contribution in [2.24, 2.45) is 5.73 Å². The van der Waals surface area contributed by atoms with Gasteiger partial charge in [-0.15, -0.1) is 0 Å². The topological polar surface area (TPSA) is 118 Å². The zero-order valence-electron chi connectivity index (χ0n) is 21.2. The van der Waals surface area contributed by atoms with Crippen molar-refractivity contribution in [1.82, 2.24) is 24.3 Å². The van der Waals surface area contributed by atoms with E-state index in [4.69, 9.17) is 16.6 Å². The normalized spacial score (nSPS) is 11.4. The summed E-state index contributed by atoms with van der Waals surface area (Å²) in [6, 6.07) is 23.8. The maximum Gasteiger partial charge on any atom is 0.263 e. The molecule has 0 aliphatic heterocycles. The van der Waals surface area contributed by atoms with Gasteiger partial charge in [-0.1, -0.05) is 54.6 Å². The summed E-state index contributed by atoms with van der Waals surface area (Å²) in [5.74, 6) is 0.347. The zero-order chi connectivity index (χ0) is 26.4. The number of pyridine rings is 1. The molecule has 0 fully saturated rings. The number of aryl methyl sites for hydroxylation is 2. The zero-order valence-corrected chi connectivity index (χ0v) is 21.2. The Bertz CT molecular complexity index is 1900. The predicted octanol–water partition coefficient (Wildman–Crippen LogP) is 4.50. The molecule has 6 aromatic rings. The van der Waals surface area contributed by atoms with Gasteiger partial charge < -0.3 is 11.5 Å². The lowest BCUT2D eigenvalue weighted by Crippen LogP contribution is -2.25. The third-order valence-corrected chi connectivity index (χ3v) is 6.99. The second-order valence-electron chi connectivity index (χ2n) is 9.47. The fourth-order valence-electron chi connectivity index (χ4n) is 5.13. The molecular formula is C30H27N7O. The number of para-hydroxylation sites is 1. The number of nitrogens with two attached hydrogens (primary N) is 2. The standard InChI is InChI=1S/C30H27N7O/c1-18-7-3-4-12-24(18)37-23(14-21-10-5-8-19(2)25(21)30(37)38)16-36-29-26(28(32)33-17-34-29)27(35-36)22-11-6-9-20(13-22)15-31/h3-14,17H,15-16,31H2,1-2H3,(H2,32,33,34). The minimum absolute atomic E-state index is 0.0635. The molecule has 0 aliphatic carbocycles. The van der Waals surface area contributed by atoms with Gasteiger partial charge in [0.25, 0.3) is 5.56 Å². The van der Waals surface area contributed by atoms with Crippen LogP contribution in [0.2, 0.25) is 0 Å². The minimum Gasteiger partial charge on any atom is -0.383 e. The highest BCUT2D eigenvalue weighted by atomic mass is 16.1. The molecule has 8 heteroatoms. The molecule has 0 saturated heterocycles. The molecule has 0 spiro atoms. The van der Waals surface area contributed by atoms with Gasteiger partial charge in [-0.2, -0.15) is 5.10 Å². The second-order valence-corrected chi connectivity index (χ2v) is 9.47. The molecule has 38 heavy (non-hydrogen) atoms.